The number of carbonyl (C=O) groups excluding carboxylic acids is 1. The summed E-state index contributed by atoms with van der Waals surface area (Å²) in [7, 11) is 0. The maximum Gasteiger partial charge on any atom is 0.416 e. The van der Waals surface area contributed by atoms with Gasteiger partial charge in [0.05, 0.1) is 10.4 Å². The van der Waals surface area contributed by atoms with Crippen molar-refractivity contribution in [3.05, 3.63) is 81.5 Å². The van der Waals surface area contributed by atoms with E-state index in [1.165, 1.54) is 23.5 Å². The van der Waals surface area contributed by atoms with E-state index in [9.17, 15) is 18.0 Å². The highest BCUT2D eigenvalue weighted by Gasteiger charge is 2.30. The first-order valence-electron chi connectivity index (χ1n) is 8.07. The lowest BCUT2D eigenvalue weighted by atomic mass is 10.2. The van der Waals surface area contributed by atoms with E-state index in [0.717, 1.165) is 29.0 Å². The summed E-state index contributed by atoms with van der Waals surface area (Å²) in [6.07, 6.45) is -4.40. The van der Waals surface area contributed by atoms with Crippen LogP contribution >= 0.6 is 11.3 Å². The Bertz CT molecular complexity index is 916. The minimum atomic E-state index is -4.40. The maximum atomic E-state index is 12.6. The highest BCUT2D eigenvalue weighted by molar-refractivity contribution is 7.12. The topological polar surface area (TPSA) is 38.3 Å². The molecule has 27 heavy (non-hydrogen) atoms. The molecule has 7 heteroatoms. The molecule has 140 valence electrons. The smallest absolute Gasteiger partial charge is 0.416 e. The fourth-order valence-electron chi connectivity index (χ4n) is 2.31. The van der Waals surface area contributed by atoms with E-state index in [2.05, 4.69) is 5.32 Å². The second kappa shape index (κ2) is 7.84. The number of benzene rings is 2. The molecule has 0 bridgehead atoms. The summed E-state index contributed by atoms with van der Waals surface area (Å²) >= 11 is 1.25. The SMILES string of the molecule is Cc1ccc(OCc2csc(C(=O)Nc3ccc(C(F)(F)F)cc3)c2)cc1. The molecule has 0 saturated carbocycles. The van der Waals surface area contributed by atoms with Crippen LogP contribution in [0.3, 0.4) is 0 Å². The zero-order valence-corrected chi connectivity index (χ0v) is 15.2. The third kappa shape index (κ3) is 5.10. The van der Waals surface area contributed by atoms with Gasteiger partial charge in [-0.15, -0.1) is 11.3 Å². The Kier molecular flexibility index (Phi) is 5.51. The van der Waals surface area contributed by atoms with E-state index in [-0.39, 0.29) is 5.91 Å². The van der Waals surface area contributed by atoms with E-state index < -0.39 is 11.7 Å². The van der Waals surface area contributed by atoms with Gasteiger partial charge in [0.15, 0.2) is 0 Å². The van der Waals surface area contributed by atoms with E-state index in [1.54, 1.807) is 6.07 Å². The summed E-state index contributed by atoms with van der Waals surface area (Å²) in [5, 5.41) is 4.41. The van der Waals surface area contributed by atoms with Crippen LogP contribution in [0, 0.1) is 6.92 Å². The first kappa shape index (κ1) is 19.0. The normalized spacial score (nSPS) is 11.3. The second-order valence-electron chi connectivity index (χ2n) is 5.95. The molecule has 1 N–H and O–H groups in total. The Balaban J connectivity index is 1.58. The number of thiophene rings is 1. The molecule has 3 nitrogen and oxygen atoms in total. The largest absolute Gasteiger partial charge is 0.489 e. The number of alkyl halides is 3. The van der Waals surface area contributed by atoms with Gasteiger partial charge in [-0.1, -0.05) is 17.7 Å². The van der Waals surface area contributed by atoms with Crippen LogP contribution in [0.5, 0.6) is 5.75 Å². The number of rotatable bonds is 5. The zero-order valence-electron chi connectivity index (χ0n) is 14.3. The van der Waals surface area contributed by atoms with E-state index in [4.69, 9.17) is 4.74 Å². The molecule has 0 atom stereocenters. The molecule has 1 aromatic heterocycles. The van der Waals surface area contributed by atoms with Crippen molar-refractivity contribution in [3.8, 4) is 5.75 Å². The van der Waals surface area contributed by atoms with Crippen LogP contribution < -0.4 is 10.1 Å². The molecule has 0 unspecified atom stereocenters. The van der Waals surface area contributed by atoms with Crippen LogP contribution in [-0.4, -0.2) is 5.91 Å². The van der Waals surface area contributed by atoms with Crippen molar-refractivity contribution in [1.29, 1.82) is 0 Å². The minimum Gasteiger partial charge on any atom is -0.489 e. The minimum absolute atomic E-state index is 0.304. The van der Waals surface area contributed by atoms with Crippen LogP contribution in [0.4, 0.5) is 18.9 Å². The third-order valence-corrected chi connectivity index (χ3v) is 4.75. The predicted octanol–water partition coefficient (Wildman–Crippen LogP) is 5.91. The van der Waals surface area contributed by atoms with Gasteiger partial charge in [-0.2, -0.15) is 13.2 Å². The van der Waals surface area contributed by atoms with Crippen molar-refractivity contribution in [3.63, 3.8) is 0 Å². The van der Waals surface area contributed by atoms with Gasteiger partial charge in [-0.3, -0.25) is 4.79 Å². The van der Waals surface area contributed by atoms with E-state index in [1.807, 2.05) is 36.6 Å². The molecule has 0 saturated heterocycles. The molecule has 1 amide bonds. The number of hydrogen-bond donors (Lipinski definition) is 1. The lowest BCUT2D eigenvalue weighted by Gasteiger charge is -2.08. The maximum absolute atomic E-state index is 12.6. The molecule has 3 aromatic rings. The summed E-state index contributed by atoms with van der Waals surface area (Å²) in [6.45, 7) is 2.32. The lowest BCUT2D eigenvalue weighted by Crippen LogP contribution is -2.11. The van der Waals surface area contributed by atoms with Crippen molar-refractivity contribution in [2.45, 2.75) is 19.7 Å². The van der Waals surface area contributed by atoms with Crippen LogP contribution in [0.15, 0.2) is 60.0 Å². The molecule has 0 spiro atoms. The molecule has 0 aliphatic heterocycles. The van der Waals surface area contributed by atoms with Gasteiger partial charge >= 0.3 is 6.18 Å². The zero-order chi connectivity index (χ0) is 19.4. The fourth-order valence-corrected chi connectivity index (χ4v) is 3.10. The average Bonchev–Trinajstić information content (AvgIpc) is 3.10. The first-order valence-corrected chi connectivity index (χ1v) is 8.95. The highest BCUT2D eigenvalue weighted by atomic mass is 32.1. The number of hydrogen-bond acceptors (Lipinski definition) is 3. The Morgan fingerprint density at radius 3 is 2.37 bits per heavy atom. The number of halogens is 3. The third-order valence-electron chi connectivity index (χ3n) is 3.77. The Hall–Kier alpha value is -2.80. The molecule has 0 fully saturated rings. The summed E-state index contributed by atoms with van der Waals surface area (Å²) in [6, 6.07) is 13.7. The summed E-state index contributed by atoms with van der Waals surface area (Å²) in [5.41, 5.74) is 1.53. The van der Waals surface area contributed by atoms with Crippen molar-refractivity contribution >= 4 is 22.9 Å². The molecule has 1 heterocycles. The molecule has 3 rings (SSSR count). The number of ether oxygens (including phenoxy) is 1. The monoisotopic (exact) mass is 391 g/mol. The van der Waals surface area contributed by atoms with Crippen LogP contribution in [-0.2, 0) is 12.8 Å². The lowest BCUT2D eigenvalue weighted by molar-refractivity contribution is -0.137. The molecule has 0 radical (unpaired) electrons. The number of amides is 1. The molecule has 0 aliphatic rings. The van der Waals surface area contributed by atoms with Gasteiger partial charge in [-0.25, -0.2) is 0 Å². The molecular formula is C20H16F3NO2S. The Morgan fingerprint density at radius 2 is 1.74 bits per heavy atom. The number of anilines is 1. The van der Waals surface area contributed by atoms with Crippen LogP contribution in [0.2, 0.25) is 0 Å². The van der Waals surface area contributed by atoms with Gasteiger partial charge in [0.1, 0.15) is 12.4 Å². The summed E-state index contributed by atoms with van der Waals surface area (Å²) in [5.74, 6) is 0.365. The van der Waals surface area contributed by atoms with Crippen molar-refractivity contribution in [1.82, 2.24) is 0 Å². The van der Waals surface area contributed by atoms with Gasteiger partial charge in [-0.05, 0) is 54.8 Å². The van der Waals surface area contributed by atoms with Crippen LogP contribution in [0.1, 0.15) is 26.4 Å². The number of nitrogens with one attached hydrogen (secondary N) is 1. The number of carbonyl (C=O) groups is 1. The highest BCUT2D eigenvalue weighted by Crippen LogP contribution is 2.30. The first-order chi connectivity index (χ1) is 12.8. The molecular weight excluding hydrogens is 375 g/mol. The predicted molar refractivity (Wildman–Crippen MR) is 99.2 cm³/mol. The van der Waals surface area contributed by atoms with Crippen molar-refractivity contribution in [2.75, 3.05) is 5.32 Å². The van der Waals surface area contributed by atoms with Crippen molar-refractivity contribution in [2.24, 2.45) is 0 Å². The van der Waals surface area contributed by atoms with E-state index >= 15 is 0 Å². The standard InChI is InChI=1S/C20H16F3NO2S/c1-13-2-8-17(9-3-13)26-11-14-10-18(27-12-14)19(25)24-16-6-4-15(5-7-16)20(21,22)23/h2-10,12H,11H2,1H3,(H,24,25). The summed E-state index contributed by atoms with van der Waals surface area (Å²) in [4.78, 5) is 12.7. The van der Waals surface area contributed by atoms with Crippen molar-refractivity contribution < 1.29 is 22.7 Å². The van der Waals surface area contributed by atoms with Gasteiger partial charge in [0, 0.05) is 11.3 Å². The average molecular weight is 391 g/mol. The Morgan fingerprint density at radius 1 is 1.07 bits per heavy atom. The second-order valence-corrected chi connectivity index (χ2v) is 6.86. The summed E-state index contributed by atoms with van der Waals surface area (Å²) < 4.78 is 43.4. The Labute approximate surface area is 158 Å². The quantitative estimate of drug-likeness (QED) is 0.587. The number of aryl methyl sites for hydroxylation is 1. The van der Waals surface area contributed by atoms with Gasteiger partial charge in [0.2, 0.25) is 0 Å². The van der Waals surface area contributed by atoms with Gasteiger partial charge < -0.3 is 10.1 Å². The molecule has 2 aromatic carbocycles. The van der Waals surface area contributed by atoms with E-state index in [0.29, 0.717) is 17.2 Å². The van der Waals surface area contributed by atoms with Gasteiger partial charge in [0.25, 0.3) is 5.91 Å². The molecule has 0 aliphatic carbocycles. The van der Waals surface area contributed by atoms with Crippen LogP contribution in [0.25, 0.3) is 0 Å². The fraction of sp³-hybridized carbons (Fsp3) is 0.150.